The largest absolute Gasteiger partial charge is 0.289 e. The Kier molecular flexibility index (Phi) is 4.36. The third-order valence-electron chi connectivity index (χ3n) is 2.77. The minimum absolute atomic E-state index is 0.0460. The second kappa shape index (κ2) is 5.81. The van der Waals surface area contributed by atoms with Crippen molar-refractivity contribution in [2.45, 2.75) is 13.3 Å². The Bertz CT molecular complexity index is 591. The van der Waals surface area contributed by atoms with Crippen molar-refractivity contribution in [3.63, 3.8) is 0 Å². The van der Waals surface area contributed by atoms with E-state index < -0.39 is 0 Å². The van der Waals surface area contributed by atoms with Crippen LogP contribution in [0.2, 0.25) is 0 Å². The van der Waals surface area contributed by atoms with Gasteiger partial charge in [-0.2, -0.15) is 0 Å². The average Bonchev–Trinajstić information content (AvgIpc) is 2.38. The van der Waals surface area contributed by atoms with Crippen LogP contribution in [-0.2, 0) is 6.42 Å². The molecule has 92 valence electrons. The lowest BCUT2D eigenvalue weighted by atomic mass is 10.0. The molecule has 2 aromatic carbocycles. The van der Waals surface area contributed by atoms with Gasteiger partial charge in [0.2, 0.25) is 0 Å². The van der Waals surface area contributed by atoms with Crippen LogP contribution in [-0.4, -0.2) is 5.78 Å². The molecule has 0 aromatic heterocycles. The van der Waals surface area contributed by atoms with Crippen molar-refractivity contribution >= 4 is 37.6 Å². The van der Waals surface area contributed by atoms with Gasteiger partial charge in [0.25, 0.3) is 0 Å². The maximum atomic E-state index is 12.4. The van der Waals surface area contributed by atoms with Crippen LogP contribution in [0.3, 0.4) is 0 Å². The molecule has 0 amide bonds. The smallest absolute Gasteiger partial charge is 0.194 e. The van der Waals surface area contributed by atoms with Gasteiger partial charge in [-0.3, -0.25) is 4.79 Å². The Morgan fingerprint density at radius 3 is 2.56 bits per heavy atom. The SMILES string of the molecule is CCc1cccc(C(=O)c2ccc(Br)cc2Br)c1. The molecule has 2 rings (SSSR count). The summed E-state index contributed by atoms with van der Waals surface area (Å²) in [5, 5.41) is 0. The second-order valence-corrected chi connectivity index (χ2v) is 5.78. The predicted octanol–water partition coefficient (Wildman–Crippen LogP) is 5.01. The molecular formula is C15H12Br2O. The highest BCUT2D eigenvalue weighted by Gasteiger charge is 2.12. The van der Waals surface area contributed by atoms with Crippen molar-refractivity contribution in [2.24, 2.45) is 0 Å². The van der Waals surface area contributed by atoms with Crippen LogP contribution in [0.4, 0.5) is 0 Å². The highest BCUT2D eigenvalue weighted by atomic mass is 79.9. The summed E-state index contributed by atoms with van der Waals surface area (Å²) in [6.45, 7) is 2.08. The first kappa shape index (κ1) is 13.5. The van der Waals surface area contributed by atoms with Gasteiger partial charge in [-0.05, 0) is 52.2 Å². The number of ketones is 1. The standard InChI is InChI=1S/C15H12Br2O/c1-2-10-4-3-5-11(8-10)15(18)13-7-6-12(16)9-14(13)17/h3-9H,2H2,1H3. The number of halogens is 2. The fraction of sp³-hybridized carbons (Fsp3) is 0.133. The van der Waals surface area contributed by atoms with E-state index in [0.717, 1.165) is 20.9 Å². The summed E-state index contributed by atoms with van der Waals surface area (Å²) in [5.74, 6) is 0.0460. The van der Waals surface area contributed by atoms with E-state index in [1.165, 1.54) is 5.56 Å². The molecule has 0 bridgehead atoms. The summed E-state index contributed by atoms with van der Waals surface area (Å²) >= 11 is 6.81. The summed E-state index contributed by atoms with van der Waals surface area (Å²) in [5.41, 5.74) is 2.60. The molecule has 0 radical (unpaired) electrons. The summed E-state index contributed by atoms with van der Waals surface area (Å²) in [6.07, 6.45) is 0.933. The number of benzene rings is 2. The Morgan fingerprint density at radius 2 is 1.89 bits per heavy atom. The van der Waals surface area contributed by atoms with Crippen molar-refractivity contribution in [1.29, 1.82) is 0 Å². The molecule has 0 N–H and O–H groups in total. The summed E-state index contributed by atoms with van der Waals surface area (Å²) in [4.78, 5) is 12.4. The Hall–Kier alpha value is -0.930. The number of hydrogen-bond acceptors (Lipinski definition) is 1. The molecule has 0 aliphatic carbocycles. The Morgan fingerprint density at radius 1 is 1.11 bits per heavy atom. The lowest BCUT2D eigenvalue weighted by Crippen LogP contribution is -2.02. The molecular weight excluding hydrogens is 356 g/mol. The normalized spacial score (nSPS) is 10.4. The number of rotatable bonds is 3. The number of aryl methyl sites for hydroxylation is 1. The van der Waals surface area contributed by atoms with Crippen LogP contribution in [0.25, 0.3) is 0 Å². The van der Waals surface area contributed by atoms with Gasteiger partial charge >= 0.3 is 0 Å². The maximum absolute atomic E-state index is 12.4. The van der Waals surface area contributed by atoms with Crippen LogP contribution in [0.15, 0.2) is 51.4 Å². The summed E-state index contributed by atoms with van der Waals surface area (Å²) in [6, 6.07) is 13.4. The first-order valence-corrected chi connectivity index (χ1v) is 7.29. The van der Waals surface area contributed by atoms with E-state index in [-0.39, 0.29) is 5.78 Å². The summed E-state index contributed by atoms with van der Waals surface area (Å²) < 4.78 is 1.76. The fourth-order valence-electron chi connectivity index (χ4n) is 1.76. The highest BCUT2D eigenvalue weighted by Crippen LogP contribution is 2.24. The van der Waals surface area contributed by atoms with Gasteiger partial charge in [-0.15, -0.1) is 0 Å². The van der Waals surface area contributed by atoms with Gasteiger partial charge in [0, 0.05) is 20.1 Å². The van der Waals surface area contributed by atoms with Crippen molar-refractivity contribution in [2.75, 3.05) is 0 Å². The monoisotopic (exact) mass is 366 g/mol. The molecule has 0 saturated heterocycles. The molecule has 2 aromatic rings. The molecule has 0 unspecified atom stereocenters. The molecule has 0 heterocycles. The van der Waals surface area contributed by atoms with E-state index in [2.05, 4.69) is 38.8 Å². The van der Waals surface area contributed by atoms with E-state index in [1.807, 2.05) is 42.5 Å². The molecule has 0 spiro atoms. The first-order valence-electron chi connectivity index (χ1n) is 5.70. The number of hydrogen-bond donors (Lipinski definition) is 0. The predicted molar refractivity (Wildman–Crippen MR) is 81.1 cm³/mol. The lowest BCUT2D eigenvalue weighted by Gasteiger charge is -2.06. The minimum Gasteiger partial charge on any atom is -0.289 e. The van der Waals surface area contributed by atoms with Crippen LogP contribution in [0.1, 0.15) is 28.4 Å². The van der Waals surface area contributed by atoms with Crippen molar-refractivity contribution in [1.82, 2.24) is 0 Å². The quantitative estimate of drug-likeness (QED) is 0.697. The van der Waals surface area contributed by atoms with Crippen LogP contribution >= 0.6 is 31.9 Å². The molecule has 1 nitrogen and oxygen atoms in total. The minimum atomic E-state index is 0.0460. The van der Waals surface area contributed by atoms with Gasteiger partial charge in [0.15, 0.2) is 5.78 Å². The van der Waals surface area contributed by atoms with E-state index in [9.17, 15) is 4.79 Å². The Balaban J connectivity index is 2.41. The molecule has 0 aliphatic rings. The van der Waals surface area contributed by atoms with E-state index in [0.29, 0.717) is 5.56 Å². The van der Waals surface area contributed by atoms with Crippen molar-refractivity contribution in [3.05, 3.63) is 68.1 Å². The lowest BCUT2D eigenvalue weighted by molar-refractivity contribution is 0.103. The number of carbonyl (C=O) groups is 1. The molecule has 0 aliphatic heterocycles. The van der Waals surface area contributed by atoms with Gasteiger partial charge < -0.3 is 0 Å². The topological polar surface area (TPSA) is 17.1 Å². The average molecular weight is 368 g/mol. The van der Waals surface area contributed by atoms with Crippen LogP contribution < -0.4 is 0 Å². The third kappa shape index (κ3) is 2.90. The number of carbonyl (C=O) groups excluding carboxylic acids is 1. The van der Waals surface area contributed by atoms with Crippen LogP contribution in [0.5, 0.6) is 0 Å². The fourth-order valence-corrected chi connectivity index (χ4v) is 2.99. The molecule has 0 atom stereocenters. The zero-order valence-corrected chi connectivity index (χ0v) is 13.1. The van der Waals surface area contributed by atoms with E-state index >= 15 is 0 Å². The van der Waals surface area contributed by atoms with Gasteiger partial charge in [0.05, 0.1) is 0 Å². The van der Waals surface area contributed by atoms with E-state index in [1.54, 1.807) is 0 Å². The highest BCUT2D eigenvalue weighted by molar-refractivity contribution is 9.11. The molecule has 3 heteroatoms. The van der Waals surface area contributed by atoms with Crippen molar-refractivity contribution in [3.8, 4) is 0 Å². The van der Waals surface area contributed by atoms with Crippen molar-refractivity contribution < 1.29 is 4.79 Å². The zero-order valence-electron chi connectivity index (χ0n) is 9.91. The van der Waals surface area contributed by atoms with E-state index in [4.69, 9.17) is 0 Å². The van der Waals surface area contributed by atoms with Gasteiger partial charge in [0.1, 0.15) is 0 Å². The second-order valence-electron chi connectivity index (χ2n) is 4.01. The summed E-state index contributed by atoms with van der Waals surface area (Å²) in [7, 11) is 0. The first-order chi connectivity index (χ1) is 8.61. The molecule has 18 heavy (non-hydrogen) atoms. The maximum Gasteiger partial charge on any atom is 0.194 e. The zero-order chi connectivity index (χ0) is 13.1. The Labute approximate surface area is 123 Å². The van der Waals surface area contributed by atoms with Gasteiger partial charge in [-0.1, -0.05) is 41.1 Å². The third-order valence-corrected chi connectivity index (χ3v) is 3.92. The van der Waals surface area contributed by atoms with Crippen LogP contribution in [0, 0.1) is 0 Å². The van der Waals surface area contributed by atoms with Gasteiger partial charge in [-0.25, -0.2) is 0 Å². The molecule has 0 fully saturated rings. The molecule has 0 saturated carbocycles.